The van der Waals surface area contributed by atoms with E-state index < -0.39 is 5.60 Å². The Morgan fingerprint density at radius 3 is 2.54 bits per heavy atom. The molecule has 1 N–H and O–H groups in total. The fourth-order valence-corrected chi connectivity index (χ4v) is 0.989. The molecule has 0 unspecified atom stereocenters. The predicted octanol–water partition coefficient (Wildman–Crippen LogP) is 3.44. The van der Waals surface area contributed by atoms with Gasteiger partial charge in [-0.3, -0.25) is 0 Å². The lowest BCUT2D eigenvalue weighted by Gasteiger charge is -2.12. The minimum atomic E-state index is -0.599. The molecule has 0 aliphatic rings. The molecule has 0 bridgehead atoms. The minimum Gasteiger partial charge on any atom is -0.390 e. The molecule has 0 aromatic heterocycles. The average molecular weight is 182 g/mol. The van der Waals surface area contributed by atoms with Crippen LogP contribution in [0.2, 0.25) is 0 Å². The van der Waals surface area contributed by atoms with E-state index in [9.17, 15) is 5.11 Å². The maximum atomic E-state index is 9.43. The third-order valence-corrected chi connectivity index (χ3v) is 1.86. The molecule has 13 heavy (non-hydrogen) atoms. The van der Waals surface area contributed by atoms with Crippen LogP contribution in [0.5, 0.6) is 0 Å². The molecule has 0 spiro atoms. The zero-order chi connectivity index (χ0) is 10.3. The summed E-state index contributed by atoms with van der Waals surface area (Å²) in [5.74, 6) is 0. The van der Waals surface area contributed by atoms with Gasteiger partial charge in [-0.15, -0.1) is 5.73 Å². The quantitative estimate of drug-likeness (QED) is 0.646. The standard InChI is InChI=1S/C12H22O/c1-5-6-8-11(2)9-7-10-12(3,4)13/h7,13H,5-6,8,10H2,1-4H3. The highest BCUT2D eigenvalue weighted by Crippen LogP contribution is 2.08. The average Bonchev–Trinajstić information content (AvgIpc) is 1.98. The van der Waals surface area contributed by atoms with Crippen LogP contribution >= 0.6 is 0 Å². The Balaban J connectivity index is 3.91. The normalized spacial score (nSPS) is 10.8. The van der Waals surface area contributed by atoms with Gasteiger partial charge in [-0.25, -0.2) is 0 Å². The van der Waals surface area contributed by atoms with Crippen LogP contribution in [0.15, 0.2) is 17.4 Å². The predicted molar refractivity (Wildman–Crippen MR) is 57.7 cm³/mol. The lowest BCUT2D eigenvalue weighted by Crippen LogP contribution is -2.16. The van der Waals surface area contributed by atoms with Crippen molar-refractivity contribution < 1.29 is 5.11 Å². The highest BCUT2D eigenvalue weighted by atomic mass is 16.3. The van der Waals surface area contributed by atoms with Crippen LogP contribution in [-0.2, 0) is 0 Å². The molecule has 0 aliphatic carbocycles. The summed E-state index contributed by atoms with van der Waals surface area (Å²) < 4.78 is 0. The molecular weight excluding hydrogens is 160 g/mol. The van der Waals surface area contributed by atoms with Crippen LogP contribution < -0.4 is 0 Å². The van der Waals surface area contributed by atoms with Crippen molar-refractivity contribution in [1.82, 2.24) is 0 Å². The topological polar surface area (TPSA) is 20.2 Å². The van der Waals surface area contributed by atoms with E-state index in [1.807, 2.05) is 19.9 Å². The Kier molecular flexibility index (Phi) is 5.77. The Morgan fingerprint density at radius 1 is 1.46 bits per heavy atom. The molecule has 0 atom stereocenters. The molecule has 0 aliphatic heterocycles. The first-order valence-corrected chi connectivity index (χ1v) is 5.08. The zero-order valence-electron chi connectivity index (χ0n) is 9.35. The van der Waals surface area contributed by atoms with Crippen LogP contribution in [0.1, 0.15) is 53.4 Å². The van der Waals surface area contributed by atoms with E-state index in [0.717, 1.165) is 6.42 Å². The molecule has 0 rings (SSSR count). The Labute approximate surface area is 82.2 Å². The third-order valence-electron chi connectivity index (χ3n) is 1.86. The molecule has 1 heteroatoms. The van der Waals surface area contributed by atoms with E-state index in [-0.39, 0.29) is 0 Å². The van der Waals surface area contributed by atoms with Crippen LogP contribution in [-0.4, -0.2) is 10.7 Å². The molecule has 76 valence electrons. The molecule has 0 radical (unpaired) electrons. The monoisotopic (exact) mass is 182 g/mol. The van der Waals surface area contributed by atoms with Crippen molar-refractivity contribution in [2.45, 2.75) is 59.0 Å². The van der Waals surface area contributed by atoms with E-state index in [4.69, 9.17) is 0 Å². The van der Waals surface area contributed by atoms with Gasteiger partial charge in [0.05, 0.1) is 5.60 Å². The first-order chi connectivity index (χ1) is 5.95. The van der Waals surface area contributed by atoms with E-state index in [1.165, 1.54) is 18.4 Å². The molecule has 0 saturated carbocycles. The highest BCUT2D eigenvalue weighted by molar-refractivity contribution is 4.99. The van der Waals surface area contributed by atoms with Gasteiger partial charge in [0.2, 0.25) is 0 Å². The SMILES string of the molecule is CCCCC(C)=C=CCC(C)(C)O. The molecule has 1 nitrogen and oxygen atoms in total. The first-order valence-electron chi connectivity index (χ1n) is 5.08. The molecule has 0 fully saturated rings. The Bertz CT molecular complexity index is 190. The summed E-state index contributed by atoms with van der Waals surface area (Å²) in [5.41, 5.74) is 3.89. The van der Waals surface area contributed by atoms with Crippen LogP contribution in [0.3, 0.4) is 0 Å². The second kappa shape index (κ2) is 6.01. The van der Waals surface area contributed by atoms with Gasteiger partial charge < -0.3 is 5.11 Å². The molecule has 0 amide bonds. The van der Waals surface area contributed by atoms with E-state index >= 15 is 0 Å². The van der Waals surface area contributed by atoms with Gasteiger partial charge in [-0.2, -0.15) is 0 Å². The van der Waals surface area contributed by atoms with E-state index in [2.05, 4.69) is 19.6 Å². The molecular formula is C12H22O. The number of hydrogen-bond acceptors (Lipinski definition) is 1. The van der Waals surface area contributed by atoms with Crippen molar-refractivity contribution in [3.8, 4) is 0 Å². The van der Waals surface area contributed by atoms with Gasteiger partial charge >= 0.3 is 0 Å². The Hall–Kier alpha value is -0.520. The van der Waals surface area contributed by atoms with Gasteiger partial charge in [-0.05, 0) is 45.3 Å². The minimum absolute atomic E-state index is 0.599. The van der Waals surface area contributed by atoms with Crippen LogP contribution in [0, 0.1) is 0 Å². The highest BCUT2D eigenvalue weighted by Gasteiger charge is 2.08. The number of hydrogen-bond donors (Lipinski definition) is 1. The lowest BCUT2D eigenvalue weighted by atomic mass is 10.1. The maximum absolute atomic E-state index is 9.43. The smallest absolute Gasteiger partial charge is 0.0632 e. The second-order valence-corrected chi connectivity index (χ2v) is 4.25. The molecule has 0 heterocycles. The van der Waals surface area contributed by atoms with Crippen LogP contribution in [0.4, 0.5) is 0 Å². The number of unbranched alkanes of at least 4 members (excludes halogenated alkanes) is 1. The maximum Gasteiger partial charge on any atom is 0.0632 e. The molecule has 0 saturated heterocycles. The summed E-state index contributed by atoms with van der Waals surface area (Å²) in [6.45, 7) is 7.91. The lowest BCUT2D eigenvalue weighted by molar-refractivity contribution is 0.0839. The summed E-state index contributed by atoms with van der Waals surface area (Å²) in [6.07, 6.45) is 6.19. The second-order valence-electron chi connectivity index (χ2n) is 4.25. The third kappa shape index (κ3) is 9.39. The van der Waals surface area contributed by atoms with Gasteiger partial charge in [0.15, 0.2) is 0 Å². The number of rotatable bonds is 5. The van der Waals surface area contributed by atoms with Gasteiger partial charge in [0, 0.05) is 6.42 Å². The molecule has 0 aromatic carbocycles. The van der Waals surface area contributed by atoms with E-state index in [0.29, 0.717) is 6.42 Å². The fraction of sp³-hybridized carbons (Fsp3) is 0.750. The first kappa shape index (κ1) is 12.5. The summed E-state index contributed by atoms with van der Waals surface area (Å²) in [5, 5.41) is 9.43. The summed E-state index contributed by atoms with van der Waals surface area (Å²) in [7, 11) is 0. The fourth-order valence-electron chi connectivity index (χ4n) is 0.989. The van der Waals surface area contributed by atoms with Gasteiger partial charge in [0.25, 0.3) is 0 Å². The number of aliphatic hydroxyl groups is 1. The van der Waals surface area contributed by atoms with Crippen molar-refractivity contribution in [1.29, 1.82) is 0 Å². The summed E-state index contributed by atoms with van der Waals surface area (Å²) in [6, 6.07) is 0. The summed E-state index contributed by atoms with van der Waals surface area (Å²) in [4.78, 5) is 0. The van der Waals surface area contributed by atoms with Crippen molar-refractivity contribution in [3.05, 3.63) is 17.4 Å². The van der Waals surface area contributed by atoms with Crippen molar-refractivity contribution in [3.63, 3.8) is 0 Å². The zero-order valence-corrected chi connectivity index (χ0v) is 9.35. The van der Waals surface area contributed by atoms with Crippen LogP contribution in [0.25, 0.3) is 0 Å². The van der Waals surface area contributed by atoms with Gasteiger partial charge in [0.1, 0.15) is 0 Å². The van der Waals surface area contributed by atoms with Gasteiger partial charge in [-0.1, -0.05) is 13.3 Å². The summed E-state index contributed by atoms with van der Waals surface area (Å²) >= 11 is 0. The van der Waals surface area contributed by atoms with E-state index in [1.54, 1.807) is 0 Å². The van der Waals surface area contributed by atoms with Crippen molar-refractivity contribution in [2.75, 3.05) is 0 Å². The van der Waals surface area contributed by atoms with Crippen molar-refractivity contribution >= 4 is 0 Å². The Morgan fingerprint density at radius 2 is 2.08 bits per heavy atom. The molecule has 0 aromatic rings. The largest absolute Gasteiger partial charge is 0.390 e. The van der Waals surface area contributed by atoms with Crippen molar-refractivity contribution in [2.24, 2.45) is 0 Å².